The Morgan fingerprint density at radius 3 is 2.30 bits per heavy atom. The fourth-order valence-corrected chi connectivity index (χ4v) is 2.78. The van der Waals surface area contributed by atoms with E-state index in [0.717, 1.165) is 18.9 Å². The summed E-state index contributed by atoms with van der Waals surface area (Å²) in [6, 6.07) is 4.91. The number of amides is 1. The number of hydrogen-bond acceptors (Lipinski definition) is 8. The minimum atomic E-state index is -0.346. The monoisotopic (exact) mass is 374 g/mol. The van der Waals surface area contributed by atoms with Crippen molar-refractivity contribution in [2.75, 3.05) is 57.8 Å². The molecule has 0 bridgehead atoms. The number of ether oxygens (including phenoxy) is 4. The summed E-state index contributed by atoms with van der Waals surface area (Å²) in [5.74, 6) is 2.03. The van der Waals surface area contributed by atoms with E-state index in [9.17, 15) is 4.79 Å². The first-order chi connectivity index (χ1) is 13.2. The molecule has 1 aromatic heterocycles. The summed E-state index contributed by atoms with van der Waals surface area (Å²) in [6.07, 6.45) is 1.43. The number of carbonyl (C=O) groups is 1. The Morgan fingerprint density at radius 1 is 1.04 bits per heavy atom. The number of morpholine rings is 1. The van der Waals surface area contributed by atoms with Gasteiger partial charge in [-0.05, 0) is 12.1 Å². The van der Waals surface area contributed by atoms with E-state index >= 15 is 0 Å². The summed E-state index contributed by atoms with van der Waals surface area (Å²) in [7, 11) is 4.50. The van der Waals surface area contributed by atoms with Crippen molar-refractivity contribution in [3.05, 3.63) is 30.1 Å². The van der Waals surface area contributed by atoms with Crippen LogP contribution in [0.2, 0.25) is 0 Å². The Kier molecular flexibility index (Phi) is 5.92. The molecule has 0 spiro atoms. The Morgan fingerprint density at radius 2 is 1.70 bits per heavy atom. The van der Waals surface area contributed by atoms with Gasteiger partial charge >= 0.3 is 0 Å². The molecule has 3 rings (SSSR count). The number of benzene rings is 1. The Hall–Kier alpha value is -3.07. The lowest BCUT2D eigenvalue weighted by Gasteiger charge is -2.27. The van der Waals surface area contributed by atoms with Gasteiger partial charge in [0.2, 0.25) is 5.75 Å². The number of nitrogens with one attached hydrogen (secondary N) is 1. The number of aromatic nitrogens is 2. The summed E-state index contributed by atoms with van der Waals surface area (Å²) in [5.41, 5.74) is 0.357. The van der Waals surface area contributed by atoms with E-state index in [1.54, 1.807) is 18.2 Å². The maximum atomic E-state index is 12.7. The van der Waals surface area contributed by atoms with Crippen molar-refractivity contribution in [1.29, 1.82) is 0 Å². The van der Waals surface area contributed by atoms with Crippen molar-refractivity contribution in [3.8, 4) is 17.2 Å². The molecule has 0 saturated carbocycles. The molecule has 9 nitrogen and oxygen atoms in total. The number of rotatable bonds is 6. The minimum Gasteiger partial charge on any atom is -0.493 e. The van der Waals surface area contributed by atoms with Crippen LogP contribution < -0.4 is 24.4 Å². The molecule has 1 N–H and O–H groups in total. The van der Waals surface area contributed by atoms with E-state index in [0.29, 0.717) is 41.8 Å². The van der Waals surface area contributed by atoms with Crippen LogP contribution in [0.5, 0.6) is 17.2 Å². The maximum absolute atomic E-state index is 12.7. The molecule has 0 unspecified atom stereocenters. The van der Waals surface area contributed by atoms with Gasteiger partial charge in [-0.15, -0.1) is 0 Å². The molecule has 1 aliphatic rings. The second-order valence-corrected chi connectivity index (χ2v) is 5.73. The zero-order valence-electron chi connectivity index (χ0n) is 15.5. The Labute approximate surface area is 157 Å². The second kappa shape index (κ2) is 8.54. The van der Waals surface area contributed by atoms with Crippen molar-refractivity contribution >= 4 is 17.5 Å². The summed E-state index contributed by atoms with van der Waals surface area (Å²) in [5, 5.41) is 2.78. The molecule has 144 valence electrons. The molecular weight excluding hydrogens is 352 g/mol. The Bertz CT molecular complexity index is 783. The molecule has 0 atom stereocenters. The van der Waals surface area contributed by atoms with E-state index in [2.05, 4.69) is 20.2 Å². The fourth-order valence-electron chi connectivity index (χ4n) is 2.78. The van der Waals surface area contributed by atoms with Gasteiger partial charge in [-0.25, -0.2) is 9.97 Å². The van der Waals surface area contributed by atoms with Gasteiger partial charge in [0.1, 0.15) is 18.0 Å². The predicted octanol–water partition coefficient (Wildman–Crippen LogP) is 1.59. The largest absolute Gasteiger partial charge is 0.493 e. The third kappa shape index (κ3) is 4.20. The maximum Gasteiger partial charge on any atom is 0.257 e. The van der Waals surface area contributed by atoms with E-state index in [4.69, 9.17) is 18.9 Å². The first-order valence-electron chi connectivity index (χ1n) is 8.42. The van der Waals surface area contributed by atoms with Crippen molar-refractivity contribution < 1.29 is 23.7 Å². The van der Waals surface area contributed by atoms with Crippen molar-refractivity contribution in [1.82, 2.24) is 9.97 Å². The number of hydrogen-bond donors (Lipinski definition) is 1. The topological polar surface area (TPSA) is 95.0 Å². The highest BCUT2D eigenvalue weighted by Gasteiger charge is 2.18. The molecule has 9 heteroatoms. The zero-order valence-corrected chi connectivity index (χ0v) is 15.5. The van der Waals surface area contributed by atoms with Crippen LogP contribution in [0.4, 0.5) is 11.6 Å². The third-order valence-corrected chi connectivity index (χ3v) is 4.16. The van der Waals surface area contributed by atoms with Gasteiger partial charge in [0.05, 0.1) is 34.5 Å². The smallest absolute Gasteiger partial charge is 0.257 e. The average molecular weight is 374 g/mol. The molecule has 0 radical (unpaired) electrons. The van der Waals surface area contributed by atoms with Crippen LogP contribution in [-0.4, -0.2) is 63.5 Å². The summed E-state index contributed by atoms with van der Waals surface area (Å²) in [6.45, 7) is 2.79. The van der Waals surface area contributed by atoms with E-state index in [1.807, 2.05) is 0 Å². The van der Waals surface area contributed by atoms with Crippen molar-refractivity contribution in [3.63, 3.8) is 0 Å². The van der Waals surface area contributed by atoms with Crippen LogP contribution in [0.15, 0.2) is 24.5 Å². The predicted molar refractivity (Wildman–Crippen MR) is 99.1 cm³/mol. The number of carbonyl (C=O) groups excluding carboxylic acids is 1. The first kappa shape index (κ1) is 18.7. The molecule has 2 heterocycles. The molecule has 0 aliphatic carbocycles. The standard InChI is InChI=1S/C18H22N4O5/c1-24-13-8-12(9-14(25-2)17(13)26-3)18(23)21-15-10-16(20-11-19-15)22-4-6-27-7-5-22/h8-11H,4-7H2,1-3H3,(H,19,20,21,23). The van der Waals surface area contributed by atoms with Gasteiger partial charge in [-0.3, -0.25) is 4.79 Å². The first-order valence-corrected chi connectivity index (χ1v) is 8.42. The molecule has 1 amide bonds. The lowest BCUT2D eigenvalue weighted by molar-refractivity contribution is 0.102. The number of methoxy groups -OCH3 is 3. The van der Waals surface area contributed by atoms with E-state index in [-0.39, 0.29) is 5.91 Å². The highest BCUT2D eigenvalue weighted by Crippen LogP contribution is 2.38. The molecule has 1 aromatic carbocycles. The van der Waals surface area contributed by atoms with E-state index in [1.165, 1.54) is 27.7 Å². The van der Waals surface area contributed by atoms with Crippen LogP contribution in [0.1, 0.15) is 10.4 Å². The zero-order chi connectivity index (χ0) is 19.2. The summed E-state index contributed by atoms with van der Waals surface area (Å²) < 4.78 is 21.2. The Balaban J connectivity index is 1.81. The third-order valence-electron chi connectivity index (χ3n) is 4.16. The van der Waals surface area contributed by atoms with Gasteiger partial charge in [-0.2, -0.15) is 0 Å². The minimum absolute atomic E-state index is 0.346. The summed E-state index contributed by atoms with van der Waals surface area (Å²) >= 11 is 0. The highest BCUT2D eigenvalue weighted by molar-refractivity contribution is 6.04. The van der Waals surface area contributed by atoms with E-state index < -0.39 is 0 Å². The van der Waals surface area contributed by atoms with Crippen LogP contribution in [-0.2, 0) is 4.74 Å². The fraction of sp³-hybridized carbons (Fsp3) is 0.389. The second-order valence-electron chi connectivity index (χ2n) is 5.73. The molecule has 2 aromatic rings. The summed E-state index contributed by atoms with van der Waals surface area (Å²) in [4.78, 5) is 23.2. The van der Waals surface area contributed by atoms with Gasteiger partial charge in [0, 0.05) is 24.7 Å². The quantitative estimate of drug-likeness (QED) is 0.815. The van der Waals surface area contributed by atoms with Crippen LogP contribution >= 0.6 is 0 Å². The molecule has 1 aliphatic heterocycles. The molecular formula is C18H22N4O5. The van der Waals surface area contributed by atoms with Crippen LogP contribution in [0.3, 0.4) is 0 Å². The molecule has 1 saturated heterocycles. The lowest BCUT2D eigenvalue weighted by atomic mass is 10.1. The average Bonchev–Trinajstić information content (AvgIpc) is 2.73. The number of anilines is 2. The van der Waals surface area contributed by atoms with Crippen molar-refractivity contribution in [2.45, 2.75) is 0 Å². The van der Waals surface area contributed by atoms with Gasteiger partial charge in [0.15, 0.2) is 11.5 Å². The molecule has 27 heavy (non-hydrogen) atoms. The van der Waals surface area contributed by atoms with Gasteiger partial charge in [0.25, 0.3) is 5.91 Å². The van der Waals surface area contributed by atoms with Gasteiger partial charge < -0.3 is 29.2 Å². The normalized spacial score (nSPS) is 13.8. The lowest BCUT2D eigenvalue weighted by Crippen LogP contribution is -2.36. The molecule has 1 fully saturated rings. The number of nitrogens with zero attached hydrogens (tertiary/aromatic N) is 3. The van der Waals surface area contributed by atoms with Gasteiger partial charge in [-0.1, -0.05) is 0 Å². The van der Waals surface area contributed by atoms with Crippen LogP contribution in [0.25, 0.3) is 0 Å². The van der Waals surface area contributed by atoms with Crippen LogP contribution in [0, 0.1) is 0 Å². The SMILES string of the molecule is COc1cc(C(=O)Nc2cc(N3CCOCC3)ncn2)cc(OC)c1OC. The highest BCUT2D eigenvalue weighted by atomic mass is 16.5. The van der Waals surface area contributed by atoms with Crippen molar-refractivity contribution in [2.24, 2.45) is 0 Å².